The Bertz CT molecular complexity index is 1310. The van der Waals surface area contributed by atoms with Crippen LogP contribution < -0.4 is 4.90 Å². The molecular weight excluding hydrogens is 528 g/mol. The van der Waals surface area contributed by atoms with E-state index in [-0.39, 0.29) is 11.0 Å². The van der Waals surface area contributed by atoms with Gasteiger partial charge in [-0.15, -0.1) is 0 Å². The summed E-state index contributed by atoms with van der Waals surface area (Å²) in [5.74, 6) is -0.863. The first-order valence-corrected chi connectivity index (χ1v) is 14.8. The second-order valence-electron chi connectivity index (χ2n) is 12.5. The fourth-order valence-corrected chi connectivity index (χ4v) is 9.04. The molecular formula is C32H35ClN2O5. The number of para-hydroxylation sites is 1. The summed E-state index contributed by atoms with van der Waals surface area (Å²) in [5.41, 5.74) is 0.131. The van der Waals surface area contributed by atoms with Gasteiger partial charge >= 0.3 is 5.97 Å². The third-order valence-electron chi connectivity index (χ3n) is 9.78. The van der Waals surface area contributed by atoms with E-state index >= 15 is 0 Å². The molecule has 1 N–H and O–H groups in total. The molecule has 1 aliphatic heterocycles. The molecule has 3 atom stereocenters. The molecule has 4 saturated carbocycles. The third kappa shape index (κ3) is 4.72. The van der Waals surface area contributed by atoms with Crippen LogP contribution in [0.3, 0.4) is 0 Å². The Kier molecular flexibility index (Phi) is 6.97. The van der Waals surface area contributed by atoms with Crippen LogP contribution in [0.5, 0.6) is 0 Å². The number of fused-ring (bicyclic) bond motifs is 1. The van der Waals surface area contributed by atoms with Crippen LogP contribution in [0, 0.1) is 23.2 Å². The molecule has 2 aromatic rings. The molecule has 4 fully saturated rings. The molecule has 7 nitrogen and oxygen atoms in total. The molecule has 4 bridgehead atoms. The van der Waals surface area contributed by atoms with E-state index in [0.717, 1.165) is 19.3 Å². The number of hydrogen-bond donors (Lipinski definition) is 1. The van der Waals surface area contributed by atoms with Crippen molar-refractivity contribution in [3.05, 3.63) is 65.7 Å². The van der Waals surface area contributed by atoms with Gasteiger partial charge in [-0.1, -0.05) is 54.1 Å². The highest BCUT2D eigenvalue weighted by molar-refractivity contribution is 6.25. The molecule has 8 heteroatoms. The predicted octanol–water partition coefficient (Wildman–Crippen LogP) is 5.82. The van der Waals surface area contributed by atoms with Gasteiger partial charge in [0, 0.05) is 18.9 Å². The minimum absolute atomic E-state index is 0.135. The summed E-state index contributed by atoms with van der Waals surface area (Å²) >= 11 is 7.08. The number of carbonyl (C=O) groups excluding carboxylic acids is 3. The Hall–Kier alpha value is -3.19. The molecule has 4 aliphatic carbocycles. The number of hydrogen-bond acceptors (Lipinski definition) is 4. The number of carboxylic acid groups (broad SMARTS) is 1. The number of benzene rings is 2. The lowest BCUT2D eigenvalue weighted by atomic mass is 9.48. The highest BCUT2D eigenvalue weighted by Crippen LogP contribution is 2.62. The minimum atomic E-state index is -1.45. The zero-order valence-electron chi connectivity index (χ0n) is 22.7. The Morgan fingerprint density at radius 2 is 1.52 bits per heavy atom. The molecule has 2 amide bonds. The first-order chi connectivity index (χ1) is 19.2. The Morgan fingerprint density at radius 1 is 0.950 bits per heavy atom. The monoisotopic (exact) mass is 562 g/mol. The van der Waals surface area contributed by atoms with Crippen molar-refractivity contribution in [2.24, 2.45) is 23.2 Å². The van der Waals surface area contributed by atoms with Gasteiger partial charge in [-0.2, -0.15) is 0 Å². The van der Waals surface area contributed by atoms with Gasteiger partial charge in [0.15, 0.2) is 5.78 Å². The number of aliphatic carboxylic acids is 1. The van der Waals surface area contributed by atoms with Gasteiger partial charge in [-0.05, 0) is 85.8 Å². The van der Waals surface area contributed by atoms with E-state index in [9.17, 15) is 24.3 Å². The number of halogens is 1. The second kappa shape index (κ2) is 10.3. The number of alkyl halides is 1. The number of nitrogens with zero attached hydrogens (tertiary/aromatic N) is 2. The van der Waals surface area contributed by atoms with E-state index in [1.165, 1.54) is 36.0 Å². The van der Waals surface area contributed by atoms with Gasteiger partial charge in [-0.25, -0.2) is 4.79 Å². The quantitative estimate of drug-likeness (QED) is 0.366. The maximum absolute atomic E-state index is 14.9. The Labute approximate surface area is 239 Å². The Morgan fingerprint density at radius 3 is 2.10 bits per heavy atom. The molecule has 7 rings (SSSR count). The first kappa shape index (κ1) is 27.0. The lowest BCUT2D eigenvalue weighted by Crippen LogP contribution is -2.59. The average molecular weight is 563 g/mol. The fourth-order valence-electron chi connectivity index (χ4n) is 8.69. The van der Waals surface area contributed by atoms with Crippen LogP contribution in [0.25, 0.3) is 0 Å². The van der Waals surface area contributed by atoms with Gasteiger partial charge in [-0.3, -0.25) is 19.3 Å². The second-order valence-corrected chi connectivity index (χ2v) is 12.9. The maximum atomic E-state index is 14.9. The number of Topliss-reactive ketones (excluding diaryl/α,β-unsaturated/α-hetero) is 1. The standard InChI is InChI=1S/C32H35ClN2O5/c1-19(36)34-26(31(39)40)14-28(37)24-9-5-6-10-25(24)35(29(33)23-7-3-2-4-8-23)30(38)27(34)18-32-15-20-11-21(16-32)13-22(12-20)17-32/h2-10,20-22,26-27,29H,11-18H2,1H3,(H,39,40)/t20?,21?,22?,26-,27+,29?,32?/m0/s1. The van der Waals surface area contributed by atoms with Gasteiger partial charge in [0.25, 0.3) is 5.91 Å². The zero-order chi connectivity index (χ0) is 28.2. The predicted molar refractivity (Wildman–Crippen MR) is 151 cm³/mol. The highest BCUT2D eigenvalue weighted by Gasteiger charge is 2.54. The molecule has 0 saturated heterocycles. The summed E-state index contributed by atoms with van der Waals surface area (Å²) < 4.78 is 0. The summed E-state index contributed by atoms with van der Waals surface area (Å²) in [5, 5.41) is 10.3. The fraction of sp³-hybridized carbons (Fsp3) is 0.500. The number of amides is 2. The smallest absolute Gasteiger partial charge is 0.326 e. The van der Waals surface area contributed by atoms with Crippen LogP contribution in [0.1, 0.15) is 79.7 Å². The van der Waals surface area contributed by atoms with Crippen LogP contribution in [0.4, 0.5) is 5.69 Å². The summed E-state index contributed by atoms with van der Waals surface area (Å²) in [6, 6.07) is 13.4. The van der Waals surface area contributed by atoms with Gasteiger partial charge in [0.2, 0.25) is 5.91 Å². The molecule has 40 heavy (non-hydrogen) atoms. The summed E-state index contributed by atoms with van der Waals surface area (Å²) in [6.07, 6.45) is 6.60. The van der Waals surface area contributed by atoms with Crippen molar-refractivity contribution < 1.29 is 24.3 Å². The van der Waals surface area contributed by atoms with E-state index < -0.39 is 47.6 Å². The van der Waals surface area contributed by atoms with Gasteiger partial charge in [0.05, 0.1) is 5.69 Å². The van der Waals surface area contributed by atoms with Crippen molar-refractivity contribution in [1.29, 1.82) is 0 Å². The van der Waals surface area contributed by atoms with E-state index in [1.807, 2.05) is 30.3 Å². The summed E-state index contributed by atoms with van der Waals surface area (Å²) in [7, 11) is 0. The van der Waals surface area contributed by atoms with Crippen molar-refractivity contribution in [2.45, 2.75) is 75.9 Å². The lowest BCUT2D eigenvalue weighted by Gasteiger charge is -2.58. The van der Waals surface area contributed by atoms with Crippen LogP contribution in [-0.4, -0.2) is 45.7 Å². The number of carbonyl (C=O) groups is 4. The van der Waals surface area contributed by atoms with Crippen molar-refractivity contribution >= 4 is 40.9 Å². The molecule has 0 spiro atoms. The van der Waals surface area contributed by atoms with E-state index in [0.29, 0.717) is 35.4 Å². The minimum Gasteiger partial charge on any atom is -0.480 e. The largest absolute Gasteiger partial charge is 0.480 e. The molecule has 0 radical (unpaired) electrons. The van der Waals surface area contributed by atoms with Crippen molar-refractivity contribution in [2.75, 3.05) is 4.90 Å². The molecule has 1 heterocycles. The number of carboxylic acids is 1. The van der Waals surface area contributed by atoms with Gasteiger partial charge in [0.1, 0.15) is 17.6 Å². The average Bonchev–Trinajstić information content (AvgIpc) is 2.94. The number of rotatable bonds is 5. The van der Waals surface area contributed by atoms with E-state index in [4.69, 9.17) is 11.6 Å². The van der Waals surface area contributed by atoms with Crippen LogP contribution in [0.15, 0.2) is 54.6 Å². The maximum Gasteiger partial charge on any atom is 0.326 e. The van der Waals surface area contributed by atoms with Crippen LogP contribution in [0.2, 0.25) is 0 Å². The van der Waals surface area contributed by atoms with Crippen molar-refractivity contribution in [3.63, 3.8) is 0 Å². The van der Waals surface area contributed by atoms with Crippen LogP contribution in [-0.2, 0) is 14.4 Å². The highest BCUT2D eigenvalue weighted by atomic mass is 35.5. The number of anilines is 1. The van der Waals surface area contributed by atoms with E-state index in [1.54, 1.807) is 24.3 Å². The molecule has 5 aliphatic rings. The molecule has 2 aromatic carbocycles. The number of ketones is 1. The third-order valence-corrected chi connectivity index (χ3v) is 10.2. The zero-order valence-corrected chi connectivity index (χ0v) is 23.4. The lowest BCUT2D eigenvalue weighted by molar-refractivity contribution is -0.156. The van der Waals surface area contributed by atoms with Gasteiger partial charge < -0.3 is 10.0 Å². The Balaban J connectivity index is 1.51. The summed E-state index contributed by atoms with van der Waals surface area (Å²) in [6.45, 7) is 1.30. The first-order valence-electron chi connectivity index (χ1n) is 14.3. The molecule has 1 unspecified atom stereocenters. The summed E-state index contributed by atoms with van der Waals surface area (Å²) in [4.78, 5) is 57.1. The molecule has 0 aromatic heterocycles. The normalized spacial score (nSPS) is 32.2. The van der Waals surface area contributed by atoms with Crippen molar-refractivity contribution in [3.8, 4) is 0 Å². The van der Waals surface area contributed by atoms with Crippen LogP contribution >= 0.6 is 11.6 Å². The molecule has 210 valence electrons. The SMILES string of the molecule is CC(=O)N1[C@H](CC23CC4CC(CC(C4)C2)C3)C(=O)N(C(Cl)c2ccccc2)c2ccccc2C(=O)C[C@H]1C(=O)O. The topological polar surface area (TPSA) is 95.0 Å². The van der Waals surface area contributed by atoms with Crippen molar-refractivity contribution in [1.82, 2.24) is 4.90 Å². The van der Waals surface area contributed by atoms with E-state index in [2.05, 4.69) is 0 Å².